The highest BCUT2D eigenvalue weighted by atomic mass is 19.2. The number of benzene rings is 2. The largest absolute Gasteiger partial charge is 0.326 e. The summed E-state index contributed by atoms with van der Waals surface area (Å²) in [4.78, 5) is 53.7. The lowest BCUT2D eigenvalue weighted by Crippen LogP contribution is -2.50. The molecule has 10 heteroatoms. The van der Waals surface area contributed by atoms with E-state index in [1.54, 1.807) is 33.0 Å². The Labute approximate surface area is 213 Å². The number of anilines is 1. The van der Waals surface area contributed by atoms with Crippen molar-refractivity contribution in [3.63, 3.8) is 0 Å². The minimum absolute atomic E-state index is 0.237. The first-order valence-electron chi connectivity index (χ1n) is 12.2. The van der Waals surface area contributed by atoms with E-state index in [1.165, 1.54) is 15.9 Å². The fourth-order valence-electron chi connectivity index (χ4n) is 5.67. The number of amides is 5. The number of likely N-dealkylation sites (tertiary alicyclic amines) is 1. The monoisotopic (exact) mass is 510 g/mol. The van der Waals surface area contributed by atoms with Crippen LogP contribution in [0.4, 0.5) is 19.3 Å². The number of hydrogen-bond acceptors (Lipinski definition) is 4. The van der Waals surface area contributed by atoms with Gasteiger partial charge in [0.1, 0.15) is 12.1 Å². The van der Waals surface area contributed by atoms with E-state index in [4.69, 9.17) is 0 Å². The number of halogens is 2. The molecular weight excluding hydrogens is 482 g/mol. The van der Waals surface area contributed by atoms with Gasteiger partial charge in [-0.05, 0) is 53.8 Å². The van der Waals surface area contributed by atoms with Crippen LogP contribution in [0.5, 0.6) is 0 Å². The molecule has 0 aromatic heterocycles. The van der Waals surface area contributed by atoms with E-state index in [0.717, 1.165) is 23.3 Å². The Morgan fingerprint density at radius 1 is 1.05 bits per heavy atom. The van der Waals surface area contributed by atoms with Gasteiger partial charge in [-0.3, -0.25) is 19.7 Å². The van der Waals surface area contributed by atoms with Crippen molar-refractivity contribution in [1.29, 1.82) is 0 Å². The smallest absolute Gasteiger partial charge is 0.324 e. The highest BCUT2D eigenvalue weighted by Gasteiger charge is 2.54. The summed E-state index contributed by atoms with van der Waals surface area (Å²) in [6.07, 6.45) is 1.77. The van der Waals surface area contributed by atoms with Crippen molar-refractivity contribution < 1.29 is 28.0 Å². The average molecular weight is 511 g/mol. The molecule has 2 N–H and O–H groups in total. The van der Waals surface area contributed by atoms with Gasteiger partial charge in [-0.2, -0.15) is 0 Å². The zero-order chi connectivity index (χ0) is 26.7. The third kappa shape index (κ3) is 4.14. The summed E-state index contributed by atoms with van der Waals surface area (Å²) in [5.74, 6) is -2.98. The Hall–Kier alpha value is -3.82. The molecule has 5 rings (SSSR count). The molecule has 1 aliphatic carbocycles. The Kier molecular flexibility index (Phi) is 5.80. The van der Waals surface area contributed by atoms with Gasteiger partial charge >= 0.3 is 6.03 Å². The number of nitrogens with one attached hydrogen (secondary N) is 2. The van der Waals surface area contributed by atoms with E-state index in [2.05, 4.69) is 10.6 Å². The normalized spacial score (nSPS) is 24.5. The van der Waals surface area contributed by atoms with Crippen molar-refractivity contribution in [2.24, 2.45) is 5.41 Å². The zero-order valence-corrected chi connectivity index (χ0v) is 20.9. The molecule has 1 unspecified atom stereocenters. The second-order valence-electron chi connectivity index (χ2n) is 10.8. The minimum atomic E-state index is -1.00. The van der Waals surface area contributed by atoms with Crippen molar-refractivity contribution in [2.45, 2.75) is 51.1 Å². The summed E-state index contributed by atoms with van der Waals surface area (Å²) in [7, 11) is 1.59. The lowest BCUT2D eigenvalue weighted by atomic mass is 9.78. The van der Waals surface area contributed by atoms with Crippen LogP contribution in [0.25, 0.3) is 0 Å². The summed E-state index contributed by atoms with van der Waals surface area (Å²) in [5.41, 5.74) is 1.05. The van der Waals surface area contributed by atoms with Crippen molar-refractivity contribution >= 4 is 29.4 Å². The van der Waals surface area contributed by atoms with Crippen LogP contribution in [0, 0.1) is 17.0 Å². The lowest BCUT2D eigenvalue weighted by molar-refractivity contribution is -0.150. The predicted octanol–water partition coefficient (Wildman–Crippen LogP) is 3.31. The summed E-state index contributed by atoms with van der Waals surface area (Å²) < 4.78 is 27.5. The maximum Gasteiger partial charge on any atom is 0.324 e. The zero-order valence-electron chi connectivity index (χ0n) is 20.9. The first kappa shape index (κ1) is 24.9. The number of hydrogen-bond donors (Lipinski definition) is 2. The van der Waals surface area contributed by atoms with Crippen molar-refractivity contribution in [2.75, 3.05) is 18.9 Å². The van der Waals surface area contributed by atoms with Gasteiger partial charge in [0.15, 0.2) is 11.6 Å². The van der Waals surface area contributed by atoms with Crippen LogP contribution in [0.3, 0.4) is 0 Å². The molecule has 5 amide bonds. The molecule has 3 aliphatic rings. The van der Waals surface area contributed by atoms with Crippen molar-refractivity contribution in [3.8, 4) is 0 Å². The second kappa shape index (κ2) is 8.64. The average Bonchev–Trinajstić information content (AvgIpc) is 3.32. The van der Waals surface area contributed by atoms with Gasteiger partial charge in [0.25, 0.3) is 5.91 Å². The Bertz CT molecular complexity index is 1340. The predicted molar refractivity (Wildman–Crippen MR) is 130 cm³/mol. The Morgan fingerprint density at radius 2 is 1.78 bits per heavy atom. The number of urea groups is 1. The molecule has 0 radical (unpaired) electrons. The van der Waals surface area contributed by atoms with Crippen LogP contribution < -0.4 is 10.6 Å². The maximum atomic E-state index is 13.9. The highest BCUT2D eigenvalue weighted by Crippen LogP contribution is 2.41. The molecule has 0 bridgehead atoms. The molecule has 2 aromatic carbocycles. The summed E-state index contributed by atoms with van der Waals surface area (Å²) >= 11 is 0. The number of piperidine rings is 1. The Balaban J connectivity index is 1.34. The van der Waals surface area contributed by atoms with Crippen LogP contribution >= 0.6 is 0 Å². The van der Waals surface area contributed by atoms with Crippen LogP contribution in [0.2, 0.25) is 0 Å². The summed E-state index contributed by atoms with van der Waals surface area (Å²) in [6.45, 7) is 3.35. The molecule has 194 valence electrons. The standard InChI is InChI=1S/C27H28F2N4O4/c1-26(2)9-8-21(15-5-7-19(28)20(29)11-15)33(24(26)36)14-22(34)30-18-6-4-16-12-27(13-17(16)10-18)23(35)31-25(37)32(27)3/h4-7,10-11,21H,8-9,12-14H2,1-3H3,(H,30,34)(H,31,35,37)/t21-,27?/m0/s1. The number of imide groups is 1. The molecule has 37 heavy (non-hydrogen) atoms. The maximum absolute atomic E-state index is 13.9. The van der Waals surface area contributed by atoms with Gasteiger partial charge in [-0.15, -0.1) is 0 Å². The van der Waals surface area contributed by atoms with E-state index >= 15 is 0 Å². The number of nitrogens with zero attached hydrogens (tertiary/aromatic N) is 2. The van der Waals surface area contributed by atoms with Crippen LogP contribution in [0.1, 0.15) is 49.4 Å². The van der Waals surface area contributed by atoms with Gasteiger partial charge in [0.05, 0.1) is 6.04 Å². The number of rotatable bonds is 4. The molecule has 1 spiro atoms. The number of carbonyl (C=O) groups is 4. The number of carbonyl (C=O) groups excluding carboxylic acids is 4. The molecule has 8 nitrogen and oxygen atoms in total. The third-order valence-electron chi connectivity index (χ3n) is 7.95. The fraction of sp³-hybridized carbons (Fsp3) is 0.407. The minimum Gasteiger partial charge on any atom is -0.326 e. The third-order valence-corrected chi connectivity index (χ3v) is 7.95. The molecule has 2 heterocycles. The van der Waals surface area contributed by atoms with E-state index in [1.807, 2.05) is 6.07 Å². The highest BCUT2D eigenvalue weighted by molar-refractivity contribution is 6.07. The van der Waals surface area contributed by atoms with Gasteiger partial charge in [-0.1, -0.05) is 26.0 Å². The van der Waals surface area contributed by atoms with Gasteiger partial charge in [0.2, 0.25) is 11.8 Å². The van der Waals surface area contributed by atoms with Crippen molar-refractivity contribution in [1.82, 2.24) is 15.1 Å². The SMILES string of the molecule is CN1C(=O)NC(=O)C12Cc1ccc(NC(=O)CN3C(=O)C(C)(C)CC[C@H]3c3ccc(F)c(F)c3)cc1C2. The molecule has 2 aromatic rings. The Morgan fingerprint density at radius 3 is 2.46 bits per heavy atom. The molecular formula is C27H28F2N4O4. The van der Waals surface area contributed by atoms with Gasteiger partial charge in [0, 0.05) is 31.0 Å². The van der Waals surface area contributed by atoms with Gasteiger partial charge < -0.3 is 15.1 Å². The van der Waals surface area contributed by atoms with E-state index < -0.39 is 40.6 Å². The molecule has 2 aliphatic heterocycles. The summed E-state index contributed by atoms with van der Waals surface area (Å²) in [6, 6.07) is 7.87. The van der Waals surface area contributed by atoms with Gasteiger partial charge in [-0.25, -0.2) is 13.6 Å². The van der Waals surface area contributed by atoms with E-state index in [9.17, 15) is 28.0 Å². The lowest BCUT2D eigenvalue weighted by Gasteiger charge is -2.43. The van der Waals surface area contributed by atoms with Crippen LogP contribution in [0.15, 0.2) is 36.4 Å². The first-order valence-corrected chi connectivity index (χ1v) is 12.2. The number of fused-ring (bicyclic) bond motifs is 1. The van der Waals surface area contributed by atoms with E-state index in [0.29, 0.717) is 36.9 Å². The van der Waals surface area contributed by atoms with Crippen molar-refractivity contribution in [3.05, 3.63) is 64.7 Å². The molecule has 2 saturated heterocycles. The molecule has 2 atom stereocenters. The molecule has 2 fully saturated rings. The summed E-state index contributed by atoms with van der Waals surface area (Å²) in [5, 5.41) is 5.18. The topological polar surface area (TPSA) is 98.8 Å². The van der Waals surface area contributed by atoms with Crippen LogP contribution in [-0.2, 0) is 27.2 Å². The fourth-order valence-corrected chi connectivity index (χ4v) is 5.67. The van der Waals surface area contributed by atoms with E-state index in [-0.39, 0.29) is 18.4 Å². The van der Waals surface area contributed by atoms with Crippen LogP contribution in [-0.4, -0.2) is 52.7 Å². The second-order valence-corrected chi connectivity index (χ2v) is 10.8. The first-order chi connectivity index (χ1) is 17.4. The quantitative estimate of drug-likeness (QED) is 0.617. The molecule has 0 saturated carbocycles. The number of likely N-dealkylation sites (N-methyl/N-ethyl adjacent to an activating group) is 1.